The van der Waals surface area contributed by atoms with E-state index < -0.39 is 6.10 Å². The van der Waals surface area contributed by atoms with Gasteiger partial charge in [0, 0.05) is 6.04 Å². The van der Waals surface area contributed by atoms with Gasteiger partial charge in [-0.05, 0) is 31.5 Å². The molecule has 0 saturated carbocycles. The molecule has 2 aromatic rings. The van der Waals surface area contributed by atoms with Crippen molar-refractivity contribution in [2.24, 2.45) is 0 Å². The van der Waals surface area contributed by atoms with Crippen molar-refractivity contribution in [3.63, 3.8) is 0 Å². The second kappa shape index (κ2) is 6.02. The lowest BCUT2D eigenvalue weighted by molar-refractivity contribution is 0.170. The van der Waals surface area contributed by atoms with E-state index in [4.69, 9.17) is 15.2 Å². The number of nitrogens with two attached hydrogens (primary N) is 1. The summed E-state index contributed by atoms with van der Waals surface area (Å²) in [5, 5.41) is 14.5. The van der Waals surface area contributed by atoms with E-state index in [-0.39, 0.29) is 6.04 Å². The first-order valence-corrected chi connectivity index (χ1v) is 7.96. The minimum absolute atomic E-state index is 0.254. The minimum Gasteiger partial charge on any atom is -0.486 e. The first kappa shape index (κ1) is 14.9. The number of aliphatic hydroxyl groups is 1. The molecular formula is C15H19N3O3S. The fourth-order valence-corrected chi connectivity index (χ4v) is 3.27. The Hall–Kier alpha value is -1.99. The van der Waals surface area contributed by atoms with Crippen LogP contribution in [0.3, 0.4) is 0 Å². The van der Waals surface area contributed by atoms with Gasteiger partial charge in [-0.3, -0.25) is 0 Å². The van der Waals surface area contributed by atoms with Crippen LogP contribution in [0.4, 0.5) is 10.9 Å². The Bertz CT molecular complexity index is 672. The van der Waals surface area contributed by atoms with Gasteiger partial charge in [-0.15, -0.1) is 0 Å². The molecule has 0 spiro atoms. The summed E-state index contributed by atoms with van der Waals surface area (Å²) in [6, 6.07) is 5.66. The summed E-state index contributed by atoms with van der Waals surface area (Å²) < 4.78 is 11.0. The fraction of sp³-hybridized carbons (Fsp3) is 0.400. The fourth-order valence-electron chi connectivity index (χ4n) is 2.23. The van der Waals surface area contributed by atoms with Crippen molar-refractivity contribution < 1.29 is 14.6 Å². The summed E-state index contributed by atoms with van der Waals surface area (Å²) >= 11 is 1.36. The number of aliphatic hydroxyl groups excluding tert-OH is 1. The lowest BCUT2D eigenvalue weighted by Crippen LogP contribution is -2.15. The van der Waals surface area contributed by atoms with E-state index in [0.29, 0.717) is 46.1 Å². The number of rotatable bonds is 4. The molecule has 4 N–H and O–H groups in total. The van der Waals surface area contributed by atoms with E-state index in [9.17, 15) is 5.11 Å². The predicted molar refractivity (Wildman–Crippen MR) is 86.8 cm³/mol. The zero-order chi connectivity index (χ0) is 15.7. The van der Waals surface area contributed by atoms with Crippen LogP contribution >= 0.6 is 11.3 Å². The van der Waals surface area contributed by atoms with Gasteiger partial charge < -0.3 is 25.6 Å². The number of nitrogen functional groups attached to an aromatic ring is 1. The number of hydrogen-bond acceptors (Lipinski definition) is 7. The van der Waals surface area contributed by atoms with E-state index in [1.54, 1.807) is 12.1 Å². The van der Waals surface area contributed by atoms with Gasteiger partial charge in [0.15, 0.2) is 16.6 Å². The Balaban J connectivity index is 1.87. The van der Waals surface area contributed by atoms with Crippen molar-refractivity contribution in [2.45, 2.75) is 26.0 Å². The molecule has 1 aliphatic heterocycles. The molecule has 0 fully saturated rings. The van der Waals surface area contributed by atoms with Crippen molar-refractivity contribution in [3.8, 4) is 11.5 Å². The Morgan fingerprint density at radius 2 is 2.00 bits per heavy atom. The average molecular weight is 321 g/mol. The zero-order valence-electron chi connectivity index (χ0n) is 12.5. The summed E-state index contributed by atoms with van der Waals surface area (Å²) in [5.74, 6) is 1.68. The first-order valence-electron chi connectivity index (χ1n) is 7.15. The third-order valence-corrected chi connectivity index (χ3v) is 4.28. The molecule has 7 heteroatoms. The van der Waals surface area contributed by atoms with Crippen LogP contribution in [-0.4, -0.2) is 29.3 Å². The van der Waals surface area contributed by atoms with Crippen LogP contribution in [0.25, 0.3) is 0 Å². The standard InChI is InChI=1S/C15H19N3O3S/c1-8(2)17-15-18-14(16)13(22-15)12(19)9-3-4-10-11(7-9)21-6-5-20-10/h3-4,7-8,12,19H,5-6,16H2,1-2H3,(H,17,18). The van der Waals surface area contributed by atoms with Crippen molar-refractivity contribution in [1.82, 2.24) is 4.98 Å². The third-order valence-electron chi connectivity index (χ3n) is 3.22. The van der Waals surface area contributed by atoms with E-state index in [1.165, 1.54) is 11.3 Å². The highest BCUT2D eigenvalue weighted by atomic mass is 32.1. The molecule has 1 aliphatic rings. The number of fused-ring (bicyclic) bond motifs is 1. The second-order valence-corrected chi connectivity index (χ2v) is 6.40. The Morgan fingerprint density at radius 3 is 2.73 bits per heavy atom. The minimum atomic E-state index is -0.837. The van der Waals surface area contributed by atoms with Gasteiger partial charge in [-0.25, -0.2) is 4.98 Å². The quantitative estimate of drug-likeness (QED) is 0.801. The molecule has 22 heavy (non-hydrogen) atoms. The topological polar surface area (TPSA) is 89.6 Å². The number of aromatic nitrogens is 1. The molecule has 0 aliphatic carbocycles. The Labute approximate surface area is 132 Å². The monoisotopic (exact) mass is 321 g/mol. The zero-order valence-corrected chi connectivity index (χ0v) is 13.3. The first-order chi connectivity index (χ1) is 10.5. The van der Waals surface area contributed by atoms with Crippen LogP contribution in [0.15, 0.2) is 18.2 Å². The molecule has 1 atom stereocenters. The Kier molecular flexibility index (Phi) is 4.08. The van der Waals surface area contributed by atoms with Crippen molar-refractivity contribution in [2.75, 3.05) is 24.3 Å². The maximum Gasteiger partial charge on any atom is 0.185 e. The van der Waals surface area contributed by atoms with Gasteiger partial charge in [-0.1, -0.05) is 17.4 Å². The number of hydrogen-bond donors (Lipinski definition) is 3. The molecule has 0 radical (unpaired) electrons. The highest BCUT2D eigenvalue weighted by Gasteiger charge is 2.21. The molecule has 118 valence electrons. The van der Waals surface area contributed by atoms with Crippen molar-refractivity contribution in [3.05, 3.63) is 28.6 Å². The molecule has 3 rings (SSSR count). The number of nitrogens with zero attached hydrogens (tertiary/aromatic N) is 1. The van der Waals surface area contributed by atoms with Crippen LogP contribution in [0.5, 0.6) is 11.5 Å². The summed E-state index contributed by atoms with van der Waals surface area (Å²) in [4.78, 5) is 4.88. The van der Waals surface area contributed by atoms with E-state index >= 15 is 0 Å². The summed E-state index contributed by atoms with van der Waals surface area (Å²) in [5.41, 5.74) is 6.64. The molecule has 1 aromatic heterocycles. The highest BCUT2D eigenvalue weighted by molar-refractivity contribution is 7.16. The largest absolute Gasteiger partial charge is 0.486 e. The Morgan fingerprint density at radius 1 is 1.27 bits per heavy atom. The lowest BCUT2D eigenvalue weighted by Gasteiger charge is -2.20. The predicted octanol–water partition coefficient (Wildman–Crippen LogP) is 2.40. The van der Waals surface area contributed by atoms with Crippen LogP contribution in [0.1, 0.15) is 30.4 Å². The second-order valence-electron chi connectivity index (χ2n) is 5.37. The highest BCUT2D eigenvalue weighted by Crippen LogP contribution is 2.38. The average Bonchev–Trinajstić information content (AvgIpc) is 2.85. The van der Waals surface area contributed by atoms with Crippen LogP contribution < -0.4 is 20.5 Å². The maximum atomic E-state index is 10.6. The van der Waals surface area contributed by atoms with Crippen LogP contribution in [-0.2, 0) is 0 Å². The molecule has 2 heterocycles. The molecule has 6 nitrogen and oxygen atoms in total. The molecule has 0 bridgehead atoms. The number of nitrogens with one attached hydrogen (secondary N) is 1. The van der Waals surface area contributed by atoms with Gasteiger partial charge in [0.05, 0.1) is 4.88 Å². The van der Waals surface area contributed by atoms with Crippen molar-refractivity contribution >= 4 is 22.3 Å². The smallest absolute Gasteiger partial charge is 0.185 e. The molecule has 0 saturated heterocycles. The van der Waals surface area contributed by atoms with Crippen LogP contribution in [0.2, 0.25) is 0 Å². The summed E-state index contributed by atoms with van der Waals surface area (Å²) in [7, 11) is 0. The van der Waals surface area contributed by atoms with E-state index in [1.807, 2.05) is 19.9 Å². The molecule has 1 aromatic carbocycles. The van der Waals surface area contributed by atoms with E-state index in [0.717, 1.165) is 0 Å². The molecule has 0 amide bonds. The number of thiazole rings is 1. The summed E-state index contributed by atoms with van der Waals surface area (Å²) in [6.07, 6.45) is -0.837. The van der Waals surface area contributed by atoms with Gasteiger partial charge in [0.1, 0.15) is 25.1 Å². The van der Waals surface area contributed by atoms with Gasteiger partial charge >= 0.3 is 0 Å². The van der Waals surface area contributed by atoms with E-state index in [2.05, 4.69) is 10.3 Å². The van der Waals surface area contributed by atoms with Gasteiger partial charge in [0.25, 0.3) is 0 Å². The normalized spacial score (nSPS) is 14.9. The molecule has 1 unspecified atom stereocenters. The molecular weight excluding hydrogens is 302 g/mol. The third kappa shape index (κ3) is 2.95. The number of ether oxygens (including phenoxy) is 2. The van der Waals surface area contributed by atoms with Gasteiger partial charge in [-0.2, -0.15) is 0 Å². The number of benzene rings is 1. The lowest BCUT2D eigenvalue weighted by atomic mass is 10.1. The summed E-state index contributed by atoms with van der Waals surface area (Å²) in [6.45, 7) is 5.10. The van der Waals surface area contributed by atoms with Crippen LogP contribution in [0, 0.1) is 0 Å². The SMILES string of the molecule is CC(C)Nc1nc(N)c(C(O)c2ccc3c(c2)OCCO3)s1. The van der Waals surface area contributed by atoms with Gasteiger partial charge in [0.2, 0.25) is 0 Å². The number of anilines is 2. The maximum absolute atomic E-state index is 10.6. The van der Waals surface area contributed by atoms with Crippen molar-refractivity contribution in [1.29, 1.82) is 0 Å².